The minimum Gasteiger partial charge on any atom is -0.494 e. The van der Waals surface area contributed by atoms with Crippen LogP contribution in [0.4, 0.5) is 11.4 Å². The smallest absolute Gasteiger partial charge is 0.243 e. The van der Waals surface area contributed by atoms with Gasteiger partial charge in [0.15, 0.2) is 0 Å². The summed E-state index contributed by atoms with van der Waals surface area (Å²) in [6, 6.07) is 14.9. The van der Waals surface area contributed by atoms with Gasteiger partial charge in [-0.05, 0) is 55.0 Å². The standard InChI is InChI=1S/C23H30N2O3/c1-3-5-6-7-17-28-22-12-8-19(9-13-22)24-18-23(26)25-20-10-14-21(15-11-20)27-16-4-2/h4,8-15,24H,2-3,5-7,16-18H2,1H3,(H,25,26). The van der Waals surface area contributed by atoms with E-state index in [0.717, 1.165) is 35.9 Å². The molecule has 1 amide bonds. The van der Waals surface area contributed by atoms with E-state index in [4.69, 9.17) is 9.47 Å². The summed E-state index contributed by atoms with van der Waals surface area (Å²) < 4.78 is 11.1. The third kappa shape index (κ3) is 8.16. The maximum Gasteiger partial charge on any atom is 0.243 e. The number of nitrogens with one attached hydrogen (secondary N) is 2. The molecule has 0 aromatic heterocycles. The van der Waals surface area contributed by atoms with Crippen LogP contribution in [0, 0.1) is 0 Å². The molecule has 2 aromatic carbocycles. The lowest BCUT2D eigenvalue weighted by atomic mass is 10.2. The number of hydrogen-bond acceptors (Lipinski definition) is 4. The number of ether oxygens (including phenoxy) is 2. The zero-order chi connectivity index (χ0) is 20.0. The minimum absolute atomic E-state index is 0.115. The van der Waals surface area contributed by atoms with E-state index >= 15 is 0 Å². The Labute approximate surface area is 167 Å². The van der Waals surface area contributed by atoms with Crippen molar-refractivity contribution in [1.29, 1.82) is 0 Å². The molecule has 0 radical (unpaired) electrons. The summed E-state index contributed by atoms with van der Waals surface area (Å²) in [7, 11) is 0. The van der Waals surface area contributed by atoms with E-state index in [-0.39, 0.29) is 12.5 Å². The van der Waals surface area contributed by atoms with Gasteiger partial charge in [-0.2, -0.15) is 0 Å². The van der Waals surface area contributed by atoms with Crippen molar-refractivity contribution in [3.8, 4) is 11.5 Å². The van der Waals surface area contributed by atoms with E-state index < -0.39 is 0 Å². The average molecular weight is 383 g/mol. The Balaban J connectivity index is 1.69. The fourth-order valence-corrected chi connectivity index (χ4v) is 2.57. The molecule has 5 nitrogen and oxygen atoms in total. The fourth-order valence-electron chi connectivity index (χ4n) is 2.57. The Bertz CT molecular complexity index is 712. The molecule has 28 heavy (non-hydrogen) atoms. The third-order valence-electron chi connectivity index (χ3n) is 4.08. The van der Waals surface area contributed by atoms with Gasteiger partial charge in [-0.1, -0.05) is 38.8 Å². The molecule has 150 valence electrons. The molecule has 0 aliphatic carbocycles. The summed E-state index contributed by atoms with van der Waals surface area (Å²) in [6.45, 7) is 7.19. The van der Waals surface area contributed by atoms with E-state index in [9.17, 15) is 4.79 Å². The molecule has 2 N–H and O–H groups in total. The number of amides is 1. The molecular formula is C23H30N2O3. The predicted molar refractivity (Wildman–Crippen MR) is 115 cm³/mol. The van der Waals surface area contributed by atoms with Gasteiger partial charge in [-0.3, -0.25) is 4.79 Å². The number of carbonyl (C=O) groups is 1. The summed E-state index contributed by atoms with van der Waals surface area (Å²) in [5, 5.41) is 5.96. The zero-order valence-corrected chi connectivity index (χ0v) is 16.6. The molecule has 0 bridgehead atoms. The molecule has 0 spiro atoms. The van der Waals surface area contributed by atoms with E-state index in [0.29, 0.717) is 6.61 Å². The van der Waals surface area contributed by atoms with Crippen molar-refractivity contribution in [3.05, 3.63) is 61.2 Å². The Morgan fingerprint density at radius 3 is 2.21 bits per heavy atom. The summed E-state index contributed by atoms with van der Waals surface area (Å²) in [5.74, 6) is 1.48. The SMILES string of the molecule is C=CCOc1ccc(NC(=O)CNc2ccc(OCCCCCC)cc2)cc1. The van der Waals surface area contributed by atoms with Crippen molar-refractivity contribution in [2.75, 3.05) is 30.4 Å². The van der Waals surface area contributed by atoms with Crippen molar-refractivity contribution in [2.45, 2.75) is 32.6 Å². The number of anilines is 2. The first-order valence-corrected chi connectivity index (χ1v) is 9.81. The second kappa shape index (κ2) is 12.4. The van der Waals surface area contributed by atoms with Crippen LogP contribution in [0.3, 0.4) is 0 Å². The fraction of sp³-hybridized carbons (Fsp3) is 0.348. The van der Waals surface area contributed by atoms with Gasteiger partial charge >= 0.3 is 0 Å². The summed E-state index contributed by atoms with van der Waals surface area (Å²) in [5.41, 5.74) is 1.60. The Hall–Kier alpha value is -2.95. The largest absolute Gasteiger partial charge is 0.494 e. The molecule has 2 rings (SSSR count). The highest BCUT2D eigenvalue weighted by molar-refractivity contribution is 5.93. The second-order valence-electron chi connectivity index (χ2n) is 6.46. The van der Waals surface area contributed by atoms with Crippen LogP contribution in [-0.4, -0.2) is 25.7 Å². The van der Waals surface area contributed by atoms with Crippen LogP contribution in [0.25, 0.3) is 0 Å². The number of rotatable bonds is 13. The van der Waals surface area contributed by atoms with Crippen LogP contribution in [0.15, 0.2) is 61.2 Å². The molecule has 5 heteroatoms. The number of carbonyl (C=O) groups excluding carboxylic acids is 1. The number of unbranched alkanes of at least 4 members (excludes halogenated alkanes) is 3. The van der Waals surface area contributed by atoms with Gasteiger partial charge in [-0.25, -0.2) is 0 Å². The maximum absolute atomic E-state index is 12.1. The van der Waals surface area contributed by atoms with Gasteiger partial charge in [0, 0.05) is 11.4 Å². The van der Waals surface area contributed by atoms with Gasteiger partial charge in [0.25, 0.3) is 0 Å². The molecule has 0 atom stereocenters. The Morgan fingerprint density at radius 2 is 1.57 bits per heavy atom. The first kappa shape index (κ1) is 21.4. The Morgan fingerprint density at radius 1 is 0.929 bits per heavy atom. The van der Waals surface area contributed by atoms with Gasteiger partial charge in [0.2, 0.25) is 5.91 Å². The van der Waals surface area contributed by atoms with E-state index in [2.05, 4.69) is 24.1 Å². The predicted octanol–water partition coefficient (Wildman–Crippen LogP) is 5.26. The van der Waals surface area contributed by atoms with Crippen LogP contribution < -0.4 is 20.1 Å². The highest BCUT2D eigenvalue weighted by atomic mass is 16.5. The Kier molecular flexibility index (Phi) is 9.49. The summed E-state index contributed by atoms with van der Waals surface area (Å²) >= 11 is 0. The molecule has 0 saturated carbocycles. The molecule has 0 fully saturated rings. The quantitative estimate of drug-likeness (QED) is 0.366. The van der Waals surface area contributed by atoms with Gasteiger partial charge in [-0.15, -0.1) is 0 Å². The highest BCUT2D eigenvalue weighted by Crippen LogP contribution is 2.17. The minimum atomic E-state index is -0.115. The van der Waals surface area contributed by atoms with Crippen molar-refractivity contribution in [3.63, 3.8) is 0 Å². The van der Waals surface area contributed by atoms with Crippen molar-refractivity contribution < 1.29 is 14.3 Å². The average Bonchev–Trinajstić information content (AvgIpc) is 2.72. The molecule has 0 saturated heterocycles. The van der Waals surface area contributed by atoms with Crippen LogP contribution >= 0.6 is 0 Å². The van der Waals surface area contributed by atoms with Gasteiger partial charge in [0.05, 0.1) is 13.2 Å². The maximum atomic E-state index is 12.1. The third-order valence-corrected chi connectivity index (χ3v) is 4.08. The van der Waals surface area contributed by atoms with Gasteiger partial charge < -0.3 is 20.1 Å². The number of hydrogen-bond donors (Lipinski definition) is 2. The van der Waals surface area contributed by atoms with Crippen molar-refractivity contribution >= 4 is 17.3 Å². The van der Waals surface area contributed by atoms with Crippen LogP contribution in [0.5, 0.6) is 11.5 Å². The normalized spacial score (nSPS) is 10.2. The summed E-state index contributed by atoms with van der Waals surface area (Å²) in [4.78, 5) is 12.1. The van der Waals surface area contributed by atoms with E-state index in [1.165, 1.54) is 19.3 Å². The second-order valence-corrected chi connectivity index (χ2v) is 6.46. The number of benzene rings is 2. The molecular weight excluding hydrogens is 352 g/mol. The first-order chi connectivity index (χ1) is 13.7. The zero-order valence-electron chi connectivity index (χ0n) is 16.6. The van der Waals surface area contributed by atoms with E-state index in [1.807, 2.05) is 48.5 Å². The van der Waals surface area contributed by atoms with Crippen LogP contribution in [0.2, 0.25) is 0 Å². The van der Waals surface area contributed by atoms with Crippen molar-refractivity contribution in [2.24, 2.45) is 0 Å². The first-order valence-electron chi connectivity index (χ1n) is 9.81. The lowest BCUT2D eigenvalue weighted by Crippen LogP contribution is -2.21. The molecule has 0 heterocycles. The lowest BCUT2D eigenvalue weighted by molar-refractivity contribution is -0.114. The lowest BCUT2D eigenvalue weighted by Gasteiger charge is -2.10. The molecule has 0 aliphatic heterocycles. The molecule has 0 aliphatic rings. The molecule has 0 unspecified atom stereocenters. The van der Waals surface area contributed by atoms with Gasteiger partial charge in [0.1, 0.15) is 18.1 Å². The summed E-state index contributed by atoms with van der Waals surface area (Å²) in [6.07, 6.45) is 6.45. The van der Waals surface area contributed by atoms with E-state index in [1.54, 1.807) is 6.08 Å². The monoisotopic (exact) mass is 382 g/mol. The van der Waals surface area contributed by atoms with Crippen molar-refractivity contribution in [1.82, 2.24) is 0 Å². The molecule has 2 aromatic rings. The topological polar surface area (TPSA) is 59.6 Å². The highest BCUT2D eigenvalue weighted by Gasteiger charge is 2.03. The van der Waals surface area contributed by atoms with Crippen LogP contribution in [0.1, 0.15) is 32.6 Å². The van der Waals surface area contributed by atoms with Crippen LogP contribution in [-0.2, 0) is 4.79 Å².